The van der Waals surface area contributed by atoms with Gasteiger partial charge in [-0.15, -0.1) is 5.11 Å². The van der Waals surface area contributed by atoms with Crippen LogP contribution in [0.2, 0.25) is 0 Å². The predicted octanol–water partition coefficient (Wildman–Crippen LogP) is 2.02. The fourth-order valence-corrected chi connectivity index (χ4v) is 0.587. The van der Waals surface area contributed by atoms with Crippen LogP contribution < -0.4 is 0 Å². The third kappa shape index (κ3) is 2.51. The maximum absolute atomic E-state index is 9.55. The summed E-state index contributed by atoms with van der Waals surface area (Å²) in [5.41, 5.74) is 0.659. The average Bonchev–Trinajstić information content (AvgIpc) is 2.07. The molecule has 4 nitrogen and oxygen atoms in total. The molecule has 11 heavy (non-hydrogen) atoms. The molecule has 1 rings (SSSR count). The summed E-state index contributed by atoms with van der Waals surface area (Å²) in [5, 5.41) is 9.70. The van der Waals surface area contributed by atoms with Gasteiger partial charge < -0.3 is 0 Å². The van der Waals surface area contributed by atoms with Crippen molar-refractivity contribution in [3.05, 3.63) is 30.3 Å². The minimum Gasteiger partial charge on any atom is -0.209 e. The number of benzene rings is 1. The number of nitrogens with zero attached hydrogens (tertiary/aromatic N) is 3. The second-order valence-electron chi connectivity index (χ2n) is 1.72. The van der Waals surface area contributed by atoms with E-state index in [9.17, 15) is 4.79 Å². The van der Waals surface area contributed by atoms with E-state index < -0.39 is 0 Å². The molecular weight excluding hydrogens is 142 g/mol. The molecule has 4 heteroatoms. The molecule has 0 bridgehead atoms. The van der Waals surface area contributed by atoms with E-state index in [1.54, 1.807) is 12.1 Å². The summed E-state index contributed by atoms with van der Waals surface area (Å²) in [6.07, 6.45) is 1.25. The van der Waals surface area contributed by atoms with E-state index in [1.165, 1.54) is 6.08 Å². The summed E-state index contributed by atoms with van der Waals surface area (Å²) in [6.45, 7) is 0. The maximum Gasteiger partial charge on any atom is 0.261 e. The zero-order chi connectivity index (χ0) is 7.94. The van der Waals surface area contributed by atoms with Crippen molar-refractivity contribution in [3.63, 3.8) is 0 Å². The van der Waals surface area contributed by atoms with E-state index in [-0.39, 0.29) is 0 Å². The van der Waals surface area contributed by atoms with Crippen molar-refractivity contribution in [3.8, 4) is 0 Å². The third-order valence-electron chi connectivity index (χ3n) is 1.00. The zero-order valence-electron chi connectivity index (χ0n) is 5.64. The van der Waals surface area contributed by atoms with E-state index in [0.717, 1.165) is 0 Å². The Hall–Kier alpha value is -1.80. The smallest absolute Gasteiger partial charge is 0.209 e. The van der Waals surface area contributed by atoms with E-state index in [0.29, 0.717) is 5.69 Å². The van der Waals surface area contributed by atoms with Gasteiger partial charge in [0.15, 0.2) is 0 Å². The summed E-state index contributed by atoms with van der Waals surface area (Å²) in [5.74, 6) is 0. The quantitative estimate of drug-likeness (QED) is 0.273. The normalized spacial score (nSPS) is 9.45. The minimum absolute atomic E-state index is 0.659. The number of carbonyl (C=O) groups excluding carboxylic acids is 1. The lowest BCUT2D eigenvalue weighted by Crippen LogP contribution is -1.59. The Labute approximate surface area is 63.3 Å². The minimum atomic E-state index is 0.659. The van der Waals surface area contributed by atoms with Gasteiger partial charge in [0.1, 0.15) is 0 Å². The van der Waals surface area contributed by atoms with Gasteiger partial charge in [0, 0.05) is 0 Å². The van der Waals surface area contributed by atoms with Crippen molar-refractivity contribution < 1.29 is 4.79 Å². The highest BCUT2D eigenvalue weighted by atomic mass is 16.1. The Morgan fingerprint density at radius 2 is 1.91 bits per heavy atom. The van der Waals surface area contributed by atoms with E-state index in [2.05, 4.69) is 15.4 Å². The van der Waals surface area contributed by atoms with Gasteiger partial charge >= 0.3 is 0 Å². The molecule has 0 unspecified atom stereocenters. The Balaban J connectivity index is 2.72. The van der Waals surface area contributed by atoms with Crippen LogP contribution in [0.15, 0.2) is 45.8 Å². The molecular formula is C7H5N3O. The van der Waals surface area contributed by atoms with Crippen LogP contribution in [0.25, 0.3) is 0 Å². The lowest BCUT2D eigenvalue weighted by molar-refractivity contribution is 0.563. The molecule has 0 N–H and O–H groups in total. The molecule has 0 aromatic heterocycles. The summed E-state index contributed by atoms with van der Waals surface area (Å²) in [6, 6.07) is 9.01. The van der Waals surface area contributed by atoms with Crippen LogP contribution in [-0.2, 0) is 4.79 Å². The van der Waals surface area contributed by atoms with E-state index in [4.69, 9.17) is 0 Å². The zero-order valence-corrected chi connectivity index (χ0v) is 5.64. The molecule has 0 fully saturated rings. The molecule has 1 aromatic carbocycles. The van der Waals surface area contributed by atoms with Gasteiger partial charge in [0.25, 0.3) is 6.08 Å². The van der Waals surface area contributed by atoms with Crippen molar-refractivity contribution in [1.29, 1.82) is 0 Å². The molecule has 0 saturated heterocycles. The van der Waals surface area contributed by atoms with Crippen LogP contribution in [0.5, 0.6) is 0 Å². The highest BCUT2D eigenvalue weighted by molar-refractivity contribution is 5.35. The molecule has 0 aliphatic rings. The Bertz CT molecular complexity index is 288. The highest BCUT2D eigenvalue weighted by Crippen LogP contribution is 2.09. The van der Waals surface area contributed by atoms with Crippen molar-refractivity contribution in [2.75, 3.05) is 0 Å². The van der Waals surface area contributed by atoms with Gasteiger partial charge in [0.05, 0.1) is 5.69 Å². The fourth-order valence-electron chi connectivity index (χ4n) is 0.587. The molecule has 0 radical (unpaired) electrons. The first-order chi connectivity index (χ1) is 5.43. The summed E-state index contributed by atoms with van der Waals surface area (Å²) in [7, 11) is 0. The first kappa shape index (κ1) is 7.31. The second-order valence-corrected chi connectivity index (χ2v) is 1.72. The molecule has 1 aromatic rings. The molecule has 0 saturated carbocycles. The molecule has 0 aliphatic heterocycles. The topological polar surface area (TPSA) is 54.1 Å². The van der Waals surface area contributed by atoms with Crippen molar-refractivity contribution in [2.24, 2.45) is 15.4 Å². The number of rotatable bonds is 2. The molecule has 54 valence electrons. The average molecular weight is 147 g/mol. The van der Waals surface area contributed by atoms with Crippen LogP contribution in [0.4, 0.5) is 5.69 Å². The summed E-state index contributed by atoms with van der Waals surface area (Å²) >= 11 is 0. The maximum atomic E-state index is 9.55. The predicted molar refractivity (Wildman–Crippen MR) is 39.1 cm³/mol. The summed E-state index contributed by atoms with van der Waals surface area (Å²) in [4.78, 5) is 9.55. The van der Waals surface area contributed by atoms with Crippen LogP contribution in [0.1, 0.15) is 0 Å². The molecule has 0 aliphatic carbocycles. The summed E-state index contributed by atoms with van der Waals surface area (Å²) < 4.78 is 0. The molecule has 0 heterocycles. The first-order valence-corrected chi connectivity index (χ1v) is 2.96. The van der Waals surface area contributed by atoms with Gasteiger partial charge in [-0.25, -0.2) is 4.79 Å². The van der Waals surface area contributed by atoms with E-state index >= 15 is 0 Å². The van der Waals surface area contributed by atoms with E-state index in [1.807, 2.05) is 18.2 Å². The number of isocyanates is 1. The monoisotopic (exact) mass is 147 g/mol. The molecule has 0 spiro atoms. The Morgan fingerprint density at radius 3 is 2.55 bits per heavy atom. The number of hydrogen-bond donors (Lipinski definition) is 0. The van der Waals surface area contributed by atoms with Gasteiger partial charge in [0.2, 0.25) is 0 Å². The van der Waals surface area contributed by atoms with Gasteiger partial charge in [-0.3, -0.25) is 0 Å². The highest BCUT2D eigenvalue weighted by Gasteiger charge is 1.81. The lowest BCUT2D eigenvalue weighted by Gasteiger charge is -1.84. The van der Waals surface area contributed by atoms with Crippen molar-refractivity contribution in [2.45, 2.75) is 0 Å². The lowest BCUT2D eigenvalue weighted by atomic mass is 10.3. The Kier molecular flexibility index (Phi) is 2.71. The van der Waals surface area contributed by atoms with Crippen LogP contribution >= 0.6 is 0 Å². The van der Waals surface area contributed by atoms with Gasteiger partial charge in [-0.1, -0.05) is 18.2 Å². The second kappa shape index (κ2) is 4.09. The SMILES string of the molecule is O=C=NN=Nc1ccccc1. The first-order valence-electron chi connectivity index (χ1n) is 2.96. The standard InChI is InChI=1S/C7H5N3O/c11-6-8-10-9-7-4-2-1-3-5-7/h1-5H. The Morgan fingerprint density at radius 1 is 1.18 bits per heavy atom. The van der Waals surface area contributed by atoms with Crippen LogP contribution in [0.3, 0.4) is 0 Å². The van der Waals surface area contributed by atoms with Crippen LogP contribution in [0, 0.1) is 0 Å². The molecule has 0 amide bonds. The number of hydrogen-bond acceptors (Lipinski definition) is 3. The van der Waals surface area contributed by atoms with Gasteiger partial charge in [-0.2, -0.15) is 0 Å². The third-order valence-corrected chi connectivity index (χ3v) is 1.00. The largest absolute Gasteiger partial charge is 0.261 e. The van der Waals surface area contributed by atoms with Crippen LogP contribution in [-0.4, -0.2) is 6.08 Å². The van der Waals surface area contributed by atoms with Crippen molar-refractivity contribution in [1.82, 2.24) is 0 Å². The van der Waals surface area contributed by atoms with Gasteiger partial charge in [-0.05, 0) is 22.5 Å². The molecule has 0 atom stereocenters. The van der Waals surface area contributed by atoms with Crippen molar-refractivity contribution >= 4 is 11.8 Å². The fraction of sp³-hybridized carbons (Fsp3) is 0.